The molecule has 0 spiro atoms. The van der Waals surface area contributed by atoms with Crippen molar-refractivity contribution in [1.29, 1.82) is 5.26 Å². The molecule has 84 valence electrons. The Hall–Kier alpha value is -1.30. The smallest absolute Gasteiger partial charge is 0.332 e. The predicted octanol–water partition coefficient (Wildman–Crippen LogP) is 3.13. The first kappa shape index (κ1) is 13.7. The van der Waals surface area contributed by atoms with E-state index in [1.807, 2.05) is 13.0 Å². The van der Waals surface area contributed by atoms with Crippen molar-refractivity contribution in [2.75, 3.05) is 0 Å². The fourth-order valence-corrected chi connectivity index (χ4v) is 1.68. The second kappa shape index (κ2) is 8.05. The summed E-state index contributed by atoms with van der Waals surface area (Å²) in [4.78, 5) is 10.9. The second-order valence-corrected chi connectivity index (χ2v) is 3.66. The van der Waals surface area contributed by atoms with Gasteiger partial charge in [0.25, 0.3) is 0 Å². The summed E-state index contributed by atoms with van der Waals surface area (Å²) >= 11 is 0. The fraction of sp³-hybridized carbons (Fsp3) is 0.667. The Morgan fingerprint density at radius 1 is 1.40 bits per heavy atom. The van der Waals surface area contributed by atoms with E-state index in [0.29, 0.717) is 0 Å². The van der Waals surface area contributed by atoms with Gasteiger partial charge in [-0.25, -0.2) is 4.79 Å². The van der Waals surface area contributed by atoms with E-state index in [9.17, 15) is 4.79 Å². The maximum atomic E-state index is 10.9. The average molecular weight is 209 g/mol. The van der Waals surface area contributed by atoms with E-state index in [1.54, 1.807) is 0 Å². The third-order valence-corrected chi connectivity index (χ3v) is 2.45. The number of nitrogens with zero attached hydrogens (tertiary/aromatic N) is 1. The van der Waals surface area contributed by atoms with Crippen LogP contribution in [-0.4, -0.2) is 11.1 Å². The lowest BCUT2D eigenvalue weighted by atomic mass is 9.89. The Bertz CT molecular complexity index is 263. The summed E-state index contributed by atoms with van der Waals surface area (Å²) in [5.41, 5.74) is 0.271. The zero-order valence-electron chi connectivity index (χ0n) is 9.49. The van der Waals surface area contributed by atoms with E-state index < -0.39 is 5.97 Å². The van der Waals surface area contributed by atoms with Crippen molar-refractivity contribution in [3.05, 3.63) is 11.6 Å². The number of aliphatic carboxylic acids is 1. The summed E-state index contributed by atoms with van der Waals surface area (Å²) in [6, 6.07) is 1.82. The van der Waals surface area contributed by atoms with Gasteiger partial charge in [-0.3, -0.25) is 0 Å². The van der Waals surface area contributed by atoms with Crippen LogP contribution in [0.15, 0.2) is 11.6 Å². The van der Waals surface area contributed by atoms with Crippen LogP contribution < -0.4 is 0 Å². The Morgan fingerprint density at radius 3 is 2.47 bits per heavy atom. The van der Waals surface area contributed by atoms with E-state index in [-0.39, 0.29) is 11.5 Å². The van der Waals surface area contributed by atoms with E-state index in [1.165, 1.54) is 6.08 Å². The molecule has 0 aliphatic rings. The first-order chi connectivity index (χ1) is 7.17. The number of nitriles is 1. The van der Waals surface area contributed by atoms with Gasteiger partial charge in [-0.2, -0.15) is 5.26 Å². The van der Waals surface area contributed by atoms with Crippen molar-refractivity contribution in [2.24, 2.45) is 5.92 Å². The van der Waals surface area contributed by atoms with Gasteiger partial charge in [0.2, 0.25) is 0 Å². The van der Waals surface area contributed by atoms with Crippen LogP contribution in [0.3, 0.4) is 0 Å². The number of rotatable bonds is 7. The highest BCUT2D eigenvalue weighted by Gasteiger charge is 2.18. The number of carbonyl (C=O) groups is 1. The van der Waals surface area contributed by atoms with Crippen molar-refractivity contribution in [2.45, 2.75) is 46.0 Å². The van der Waals surface area contributed by atoms with Crippen LogP contribution in [0.4, 0.5) is 0 Å². The maximum Gasteiger partial charge on any atom is 0.332 e. The van der Waals surface area contributed by atoms with Gasteiger partial charge in [0.15, 0.2) is 0 Å². The van der Waals surface area contributed by atoms with Gasteiger partial charge in [0, 0.05) is 6.08 Å². The Balaban J connectivity index is 4.61. The van der Waals surface area contributed by atoms with Gasteiger partial charge >= 0.3 is 5.97 Å². The normalized spacial score (nSPS) is 13.3. The van der Waals surface area contributed by atoms with Crippen molar-refractivity contribution < 1.29 is 9.90 Å². The Kier molecular flexibility index (Phi) is 7.35. The van der Waals surface area contributed by atoms with E-state index >= 15 is 0 Å². The zero-order chi connectivity index (χ0) is 11.7. The molecule has 0 heterocycles. The van der Waals surface area contributed by atoms with Gasteiger partial charge in [-0.05, 0) is 18.8 Å². The first-order valence-corrected chi connectivity index (χ1v) is 5.50. The lowest BCUT2D eigenvalue weighted by Crippen LogP contribution is -2.13. The molecule has 0 aromatic rings. The van der Waals surface area contributed by atoms with Crippen molar-refractivity contribution in [3.63, 3.8) is 0 Å². The molecular weight excluding hydrogens is 190 g/mol. The number of hydrogen-bond donors (Lipinski definition) is 1. The van der Waals surface area contributed by atoms with E-state index in [2.05, 4.69) is 6.92 Å². The minimum Gasteiger partial charge on any atom is -0.478 e. The fourth-order valence-electron chi connectivity index (χ4n) is 1.68. The van der Waals surface area contributed by atoms with Crippen LogP contribution in [0.2, 0.25) is 0 Å². The van der Waals surface area contributed by atoms with Gasteiger partial charge in [0.1, 0.15) is 0 Å². The average Bonchev–Trinajstić information content (AvgIpc) is 2.21. The molecular formula is C12H19NO2. The standard InChI is InChI=1S/C12H19NO2/c1-3-5-7-10(6-4-2)11(8-9-13)12(14)15/h8,10H,3-7H2,1-2H3,(H,14,15). The Labute approximate surface area is 91.4 Å². The van der Waals surface area contributed by atoms with Crippen LogP contribution in [-0.2, 0) is 4.79 Å². The molecule has 0 amide bonds. The molecule has 0 aliphatic carbocycles. The molecule has 1 unspecified atom stereocenters. The highest BCUT2D eigenvalue weighted by atomic mass is 16.4. The lowest BCUT2D eigenvalue weighted by molar-refractivity contribution is -0.133. The molecule has 0 aromatic carbocycles. The minimum atomic E-state index is -0.953. The van der Waals surface area contributed by atoms with Crippen LogP contribution in [0.25, 0.3) is 0 Å². The topological polar surface area (TPSA) is 61.1 Å². The van der Waals surface area contributed by atoms with Crippen LogP contribution in [0, 0.1) is 17.2 Å². The molecule has 15 heavy (non-hydrogen) atoms. The number of carboxylic acid groups (broad SMARTS) is 1. The highest BCUT2D eigenvalue weighted by Crippen LogP contribution is 2.23. The van der Waals surface area contributed by atoms with Gasteiger partial charge in [-0.15, -0.1) is 0 Å². The SMILES string of the molecule is CCCCC(CCC)C(=CC#N)C(=O)O. The molecule has 1 atom stereocenters. The lowest BCUT2D eigenvalue weighted by Gasteiger charge is -2.15. The summed E-state index contributed by atoms with van der Waals surface area (Å²) in [5.74, 6) is -0.918. The van der Waals surface area contributed by atoms with Crippen molar-refractivity contribution in [1.82, 2.24) is 0 Å². The van der Waals surface area contributed by atoms with Gasteiger partial charge < -0.3 is 5.11 Å². The monoisotopic (exact) mass is 209 g/mol. The molecule has 3 nitrogen and oxygen atoms in total. The Morgan fingerprint density at radius 2 is 2.07 bits per heavy atom. The minimum absolute atomic E-state index is 0.0344. The molecule has 0 aliphatic heterocycles. The van der Waals surface area contributed by atoms with Crippen molar-refractivity contribution in [3.8, 4) is 6.07 Å². The van der Waals surface area contributed by atoms with Crippen LogP contribution in [0.5, 0.6) is 0 Å². The van der Waals surface area contributed by atoms with E-state index in [0.717, 1.165) is 32.1 Å². The first-order valence-electron chi connectivity index (χ1n) is 5.50. The maximum absolute atomic E-state index is 10.9. The third kappa shape index (κ3) is 5.21. The molecule has 0 rings (SSSR count). The molecule has 0 saturated carbocycles. The zero-order valence-corrected chi connectivity index (χ0v) is 9.49. The van der Waals surface area contributed by atoms with Crippen molar-refractivity contribution >= 4 is 5.97 Å². The number of carboxylic acids is 1. The molecule has 0 saturated heterocycles. The third-order valence-electron chi connectivity index (χ3n) is 2.45. The second-order valence-electron chi connectivity index (χ2n) is 3.66. The summed E-state index contributed by atoms with van der Waals surface area (Å²) in [6.07, 6.45) is 5.91. The number of hydrogen-bond acceptors (Lipinski definition) is 2. The molecule has 0 aromatic heterocycles. The molecule has 3 heteroatoms. The summed E-state index contributed by atoms with van der Waals surface area (Å²) < 4.78 is 0. The summed E-state index contributed by atoms with van der Waals surface area (Å²) in [7, 11) is 0. The summed E-state index contributed by atoms with van der Waals surface area (Å²) in [5, 5.41) is 17.5. The van der Waals surface area contributed by atoms with Gasteiger partial charge in [-0.1, -0.05) is 33.1 Å². The predicted molar refractivity (Wildman–Crippen MR) is 59.3 cm³/mol. The largest absolute Gasteiger partial charge is 0.478 e. The number of unbranched alkanes of at least 4 members (excludes halogenated alkanes) is 1. The van der Waals surface area contributed by atoms with E-state index in [4.69, 9.17) is 10.4 Å². The molecule has 0 radical (unpaired) electrons. The number of allylic oxidation sites excluding steroid dienone is 1. The van der Waals surface area contributed by atoms with Crippen LogP contribution >= 0.6 is 0 Å². The molecule has 0 bridgehead atoms. The molecule has 1 N–H and O–H groups in total. The summed E-state index contributed by atoms with van der Waals surface area (Å²) in [6.45, 7) is 4.11. The molecule has 0 fully saturated rings. The van der Waals surface area contributed by atoms with Crippen LogP contribution in [0.1, 0.15) is 46.0 Å². The van der Waals surface area contributed by atoms with Gasteiger partial charge in [0.05, 0.1) is 11.6 Å². The highest BCUT2D eigenvalue weighted by molar-refractivity contribution is 5.87. The quantitative estimate of drug-likeness (QED) is 0.517.